The van der Waals surface area contributed by atoms with Crippen LogP contribution in [0.4, 0.5) is 0 Å². The van der Waals surface area contributed by atoms with Crippen molar-refractivity contribution in [2.45, 2.75) is 20.8 Å². The molecule has 0 heterocycles. The summed E-state index contributed by atoms with van der Waals surface area (Å²) in [7, 11) is 0. The van der Waals surface area contributed by atoms with Crippen LogP contribution in [-0.2, 0) is 9.47 Å². The van der Waals surface area contributed by atoms with E-state index in [0.717, 1.165) is 5.56 Å². The van der Waals surface area contributed by atoms with Crippen LogP contribution in [0.3, 0.4) is 0 Å². The lowest BCUT2D eigenvalue weighted by Gasteiger charge is -2.10. The van der Waals surface area contributed by atoms with Crippen LogP contribution in [0.2, 0.25) is 0 Å². The molecule has 0 aliphatic carbocycles. The Kier molecular flexibility index (Phi) is 6.11. The molecule has 0 saturated heterocycles. The maximum atomic E-state index is 12.8. The van der Waals surface area contributed by atoms with Crippen molar-refractivity contribution in [2.24, 2.45) is 0 Å². The summed E-state index contributed by atoms with van der Waals surface area (Å²) in [5, 5.41) is 9.99. The number of phenols is 1. The molecule has 6 nitrogen and oxygen atoms in total. The molecule has 2 aromatic carbocycles. The summed E-state index contributed by atoms with van der Waals surface area (Å²) in [6.45, 7) is 5.41. The Bertz CT molecular complexity index is 817. The molecule has 0 unspecified atom stereocenters. The number of carbonyl (C=O) groups is 3. The lowest BCUT2D eigenvalue weighted by atomic mass is 9.97. The molecular weight excluding hydrogens is 336 g/mol. The molecule has 1 N–H and O–H groups in total. The van der Waals surface area contributed by atoms with Gasteiger partial charge in [-0.05, 0) is 51.1 Å². The number of phenolic OH excluding ortho intramolecular Hbond substituents is 1. The van der Waals surface area contributed by atoms with Crippen LogP contribution in [0.15, 0.2) is 36.4 Å². The molecule has 0 aliphatic heterocycles. The van der Waals surface area contributed by atoms with E-state index in [1.165, 1.54) is 24.3 Å². The summed E-state index contributed by atoms with van der Waals surface area (Å²) in [5.41, 5.74) is 1.08. The number of benzene rings is 2. The first-order valence-corrected chi connectivity index (χ1v) is 8.21. The first-order valence-electron chi connectivity index (χ1n) is 8.21. The number of aromatic hydroxyl groups is 1. The lowest BCUT2D eigenvalue weighted by Crippen LogP contribution is -2.12. The van der Waals surface area contributed by atoms with Gasteiger partial charge >= 0.3 is 11.9 Å². The number of hydrogen-bond acceptors (Lipinski definition) is 6. The number of ether oxygens (including phenoxy) is 2. The summed E-state index contributed by atoms with van der Waals surface area (Å²) in [4.78, 5) is 37.0. The minimum Gasteiger partial charge on any atom is -0.507 e. The molecule has 0 fully saturated rings. The van der Waals surface area contributed by atoms with Gasteiger partial charge in [-0.15, -0.1) is 0 Å². The molecule has 0 saturated carbocycles. The van der Waals surface area contributed by atoms with Crippen LogP contribution < -0.4 is 0 Å². The van der Waals surface area contributed by atoms with E-state index >= 15 is 0 Å². The van der Waals surface area contributed by atoms with E-state index < -0.39 is 17.7 Å². The highest BCUT2D eigenvalue weighted by atomic mass is 16.5. The standard InChI is InChI=1S/C20H20O6/c1-4-25-19(23)14-9-13(10-15(11-14)20(24)26-5-2)18(22)16-8-12(3)6-7-17(16)21/h6-11,21H,4-5H2,1-3H3. The highest BCUT2D eigenvalue weighted by Crippen LogP contribution is 2.23. The van der Waals surface area contributed by atoms with Gasteiger partial charge in [-0.25, -0.2) is 9.59 Å². The van der Waals surface area contributed by atoms with Gasteiger partial charge in [-0.2, -0.15) is 0 Å². The number of esters is 2. The van der Waals surface area contributed by atoms with Crippen LogP contribution in [0.5, 0.6) is 5.75 Å². The smallest absolute Gasteiger partial charge is 0.338 e. The molecule has 26 heavy (non-hydrogen) atoms. The normalized spacial score (nSPS) is 10.3. The minimum atomic E-state index is -0.652. The Morgan fingerprint density at radius 1 is 0.846 bits per heavy atom. The fraction of sp³-hybridized carbons (Fsp3) is 0.250. The Labute approximate surface area is 151 Å². The fourth-order valence-electron chi connectivity index (χ4n) is 2.41. The van der Waals surface area contributed by atoms with E-state index in [1.807, 2.05) is 0 Å². The highest BCUT2D eigenvalue weighted by molar-refractivity contribution is 6.12. The second-order valence-electron chi connectivity index (χ2n) is 5.59. The van der Waals surface area contributed by atoms with Crippen LogP contribution in [-0.4, -0.2) is 36.0 Å². The van der Waals surface area contributed by atoms with E-state index in [9.17, 15) is 19.5 Å². The summed E-state index contributed by atoms with van der Waals surface area (Å²) in [6, 6.07) is 8.63. The van der Waals surface area contributed by atoms with Crippen molar-refractivity contribution in [3.63, 3.8) is 0 Å². The topological polar surface area (TPSA) is 89.9 Å². The Morgan fingerprint density at radius 2 is 1.35 bits per heavy atom. The molecule has 0 amide bonds. The van der Waals surface area contributed by atoms with Crippen molar-refractivity contribution in [3.8, 4) is 5.75 Å². The number of hydrogen-bond donors (Lipinski definition) is 1. The molecule has 0 aromatic heterocycles. The maximum absolute atomic E-state index is 12.8. The molecule has 0 radical (unpaired) electrons. The average Bonchev–Trinajstić information content (AvgIpc) is 2.63. The van der Waals surface area contributed by atoms with Crippen molar-refractivity contribution in [3.05, 3.63) is 64.2 Å². The zero-order valence-corrected chi connectivity index (χ0v) is 14.9. The molecule has 136 valence electrons. The van der Waals surface area contributed by atoms with E-state index in [0.29, 0.717) is 0 Å². The number of rotatable bonds is 6. The first-order chi connectivity index (χ1) is 12.4. The predicted molar refractivity (Wildman–Crippen MR) is 94.6 cm³/mol. The second kappa shape index (κ2) is 8.29. The second-order valence-corrected chi connectivity index (χ2v) is 5.59. The summed E-state index contributed by atoms with van der Waals surface area (Å²) < 4.78 is 9.91. The van der Waals surface area contributed by atoms with Gasteiger partial charge in [0, 0.05) is 5.56 Å². The summed E-state index contributed by atoms with van der Waals surface area (Å²) in [6.07, 6.45) is 0. The van der Waals surface area contributed by atoms with Crippen molar-refractivity contribution < 1.29 is 29.0 Å². The first kappa shape index (κ1) is 19.2. The van der Waals surface area contributed by atoms with E-state index in [4.69, 9.17) is 9.47 Å². The third kappa shape index (κ3) is 4.27. The maximum Gasteiger partial charge on any atom is 0.338 e. The SMILES string of the molecule is CCOC(=O)c1cc(C(=O)OCC)cc(C(=O)c2cc(C)ccc2O)c1. The number of carbonyl (C=O) groups excluding carboxylic acids is 3. The van der Waals surface area contributed by atoms with Crippen molar-refractivity contribution in [1.29, 1.82) is 0 Å². The highest BCUT2D eigenvalue weighted by Gasteiger charge is 2.20. The Morgan fingerprint density at radius 3 is 1.85 bits per heavy atom. The van der Waals surface area contributed by atoms with Gasteiger partial charge in [-0.3, -0.25) is 4.79 Å². The Balaban J connectivity index is 2.55. The van der Waals surface area contributed by atoms with Gasteiger partial charge < -0.3 is 14.6 Å². The van der Waals surface area contributed by atoms with Gasteiger partial charge in [0.05, 0.1) is 29.9 Å². The average molecular weight is 356 g/mol. The monoisotopic (exact) mass is 356 g/mol. The quantitative estimate of drug-likeness (QED) is 0.631. The van der Waals surface area contributed by atoms with Crippen molar-refractivity contribution in [1.82, 2.24) is 0 Å². The molecule has 6 heteroatoms. The zero-order chi connectivity index (χ0) is 19.3. The molecule has 0 aliphatic rings. The molecule has 0 atom stereocenters. The fourth-order valence-corrected chi connectivity index (χ4v) is 2.41. The molecule has 0 spiro atoms. The predicted octanol–water partition coefficient (Wildman–Crippen LogP) is 3.29. The summed E-state index contributed by atoms with van der Waals surface area (Å²) in [5.74, 6) is -2.00. The van der Waals surface area contributed by atoms with Gasteiger partial charge in [0.2, 0.25) is 0 Å². The lowest BCUT2D eigenvalue weighted by molar-refractivity contribution is 0.0525. The van der Waals surface area contributed by atoms with Crippen LogP contribution in [0, 0.1) is 6.92 Å². The summed E-state index contributed by atoms with van der Waals surface area (Å²) >= 11 is 0. The minimum absolute atomic E-state index is 0.0629. The number of ketones is 1. The third-order valence-corrected chi connectivity index (χ3v) is 3.61. The third-order valence-electron chi connectivity index (χ3n) is 3.61. The molecule has 2 aromatic rings. The molecule has 0 bridgehead atoms. The van der Waals surface area contributed by atoms with Gasteiger partial charge in [0.1, 0.15) is 5.75 Å². The van der Waals surface area contributed by atoms with Crippen LogP contribution in [0.25, 0.3) is 0 Å². The van der Waals surface area contributed by atoms with Gasteiger partial charge in [0.15, 0.2) is 5.78 Å². The Hall–Kier alpha value is -3.15. The number of aryl methyl sites for hydroxylation is 1. The largest absolute Gasteiger partial charge is 0.507 e. The van der Waals surface area contributed by atoms with Crippen molar-refractivity contribution in [2.75, 3.05) is 13.2 Å². The zero-order valence-electron chi connectivity index (χ0n) is 14.9. The molecular formula is C20H20O6. The molecule has 2 rings (SSSR count). The van der Waals surface area contributed by atoms with Gasteiger partial charge in [-0.1, -0.05) is 11.6 Å². The van der Waals surface area contributed by atoms with E-state index in [1.54, 1.807) is 32.9 Å². The van der Waals surface area contributed by atoms with E-state index in [-0.39, 0.29) is 41.2 Å². The van der Waals surface area contributed by atoms with Crippen LogP contribution >= 0.6 is 0 Å². The van der Waals surface area contributed by atoms with Crippen LogP contribution in [0.1, 0.15) is 56.0 Å². The van der Waals surface area contributed by atoms with Crippen molar-refractivity contribution >= 4 is 17.7 Å². The van der Waals surface area contributed by atoms with Gasteiger partial charge in [0.25, 0.3) is 0 Å². The van der Waals surface area contributed by atoms with E-state index in [2.05, 4.69) is 0 Å².